The summed E-state index contributed by atoms with van der Waals surface area (Å²) in [5.41, 5.74) is 2.78. The molecule has 1 unspecified atom stereocenters. The lowest BCUT2D eigenvalue weighted by Gasteiger charge is -2.15. The molecule has 0 heterocycles. The van der Waals surface area contributed by atoms with Crippen molar-refractivity contribution < 1.29 is 4.79 Å². The van der Waals surface area contributed by atoms with Gasteiger partial charge < -0.3 is 10.6 Å². The first-order valence-electron chi connectivity index (χ1n) is 8.83. The maximum absolute atomic E-state index is 12.0. The van der Waals surface area contributed by atoms with Crippen LogP contribution in [0.3, 0.4) is 0 Å². The summed E-state index contributed by atoms with van der Waals surface area (Å²) in [5.74, 6) is 0.765. The molecule has 4 heteroatoms. The highest BCUT2D eigenvalue weighted by Crippen LogP contribution is 2.21. The number of halogens is 1. The Morgan fingerprint density at radius 2 is 1.73 bits per heavy atom. The number of carbonyl (C=O) groups is 1. The summed E-state index contributed by atoms with van der Waals surface area (Å²) < 4.78 is 0. The van der Waals surface area contributed by atoms with Gasteiger partial charge in [0.1, 0.15) is 0 Å². The maximum atomic E-state index is 12.0. The van der Waals surface area contributed by atoms with Crippen LogP contribution in [0.5, 0.6) is 0 Å². The van der Waals surface area contributed by atoms with Crippen LogP contribution in [0.2, 0.25) is 5.02 Å². The van der Waals surface area contributed by atoms with Crippen LogP contribution in [-0.4, -0.2) is 12.5 Å². The maximum Gasteiger partial charge on any atom is 0.239 e. The molecule has 0 fully saturated rings. The molecule has 0 aromatic heterocycles. The summed E-state index contributed by atoms with van der Waals surface area (Å²) >= 11 is 5.94. The Kier molecular flexibility index (Phi) is 9.53. The Morgan fingerprint density at radius 1 is 1.12 bits per heavy atom. The van der Waals surface area contributed by atoms with Gasteiger partial charge in [0, 0.05) is 10.7 Å². The Hall–Kier alpha value is -2.26. The summed E-state index contributed by atoms with van der Waals surface area (Å²) in [6, 6.07) is 15.3. The Balaban J connectivity index is 0.000000765. The van der Waals surface area contributed by atoms with Gasteiger partial charge in [-0.1, -0.05) is 75.4 Å². The zero-order chi connectivity index (χ0) is 19.5. The van der Waals surface area contributed by atoms with Crippen molar-refractivity contribution in [2.24, 2.45) is 5.92 Å². The van der Waals surface area contributed by atoms with Gasteiger partial charge in [-0.25, -0.2) is 0 Å². The number of rotatable bonds is 6. The van der Waals surface area contributed by atoms with Crippen molar-refractivity contribution in [3.63, 3.8) is 0 Å². The molecule has 2 aromatic carbocycles. The number of hydrogen-bond donors (Lipinski definition) is 2. The quantitative estimate of drug-likeness (QED) is 0.659. The number of nitrogens with one attached hydrogen (secondary N) is 2. The number of anilines is 1. The van der Waals surface area contributed by atoms with Crippen LogP contribution in [0.4, 0.5) is 5.69 Å². The third-order valence-electron chi connectivity index (χ3n) is 3.35. The van der Waals surface area contributed by atoms with E-state index in [2.05, 4.69) is 38.0 Å². The van der Waals surface area contributed by atoms with Crippen molar-refractivity contribution >= 4 is 29.3 Å². The third-order valence-corrected chi connectivity index (χ3v) is 3.59. The second kappa shape index (κ2) is 11.4. The largest absolute Gasteiger partial charge is 0.376 e. The van der Waals surface area contributed by atoms with Gasteiger partial charge >= 0.3 is 0 Å². The monoisotopic (exact) mass is 372 g/mol. The van der Waals surface area contributed by atoms with Gasteiger partial charge in [0.2, 0.25) is 5.91 Å². The predicted molar refractivity (Wildman–Crippen MR) is 114 cm³/mol. The van der Waals surface area contributed by atoms with Crippen LogP contribution in [0.15, 0.2) is 55.1 Å². The molecule has 0 saturated heterocycles. The molecule has 140 valence electrons. The smallest absolute Gasteiger partial charge is 0.239 e. The van der Waals surface area contributed by atoms with E-state index in [1.807, 2.05) is 43.3 Å². The predicted octanol–water partition coefficient (Wildman–Crippen LogP) is 5.93. The van der Waals surface area contributed by atoms with E-state index in [4.69, 9.17) is 11.6 Å². The lowest BCUT2D eigenvalue weighted by atomic mass is 10.1. The Bertz CT molecular complexity index is 696. The van der Waals surface area contributed by atoms with E-state index < -0.39 is 0 Å². The number of benzene rings is 2. The van der Waals surface area contributed by atoms with E-state index >= 15 is 0 Å². The Morgan fingerprint density at radius 3 is 2.31 bits per heavy atom. The molecule has 2 rings (SSSR count). The number of carbonyl (C=O) groups excluding carboxylic acids is 1. The SMILES string of the molecule is C=Cc1cc(Cl)ccc1NCC(=O)NC(C)c1ccccc1.CC(C)C. The van der Waals surface area contributed by atoms with E-state index in [0.29, 0.717) is 5.02 Å². The fourth-order valence-electron chi connectivity index (χ4n) is 2.16. The standard InChI is InChI=1S/C18H19ClN2O.C4H10/c1-3-14-11-16(19)9-10-17(14)20-12-18(22)21-13(2)15-7-5-4-6-8-15;1-4(2)3/h3-11,13,20H,1,12H2,2H3,(H,21,22);4H,1-3H3. The molecular weight excluding hydrogens is 344 g/mol. The van der Waals surface area contributed by atoms with Gasteiger partial charge in [0.15, 0.2) is 0 Å². The van der Waals surface area contributed by atoms with E-state index in [1.54, 1.807) is 18.2 Å². The van der Waals surface area contributed by atoms with Crippen LogP contribution >= 0.6 is 11.6 Å². The van der Waals surface area contributed by atoms with E-state index in [9.17, 15) is 4.79 Å². The van der Waals surface area contributed by atoms with Gasteiger partial charge in [-0.05, 0) is 42.2 Å². The van der Waals surface area contributed by atoms with Crippen molar-refractivity contribution in [2.45, 2.75) is 33.7 Å². The van der Waals surface area contributed by atoms with Gasteiger partial charge in [-0.3, -0.25) is 4.79 Å². The highest BCUT2D eigenvalue weighted by atomic mass is 35.5. The molecule has 0 aliphatic carbocycles. The molecule has 2 aromatic rings. The zero-order valence-corrected chi connectivity index (χ0v) is 16.8. The van der Waals surface area contributed by atoms with Crippen LogP contribution in [0.1, 0.15) is 44.9 Å². The van der Waals surface area contributed by atoms with Crippen molar-refractivity contribution in [3.05, 3.63) is 71.3 Å². The molecule has 26 heavy (non-hydrogen) atoms. The third kappa shape index (κ3) is 8.21. The average molecular weight is 373 g/mol. The minimum Gasteiger partial charge on any atom is -0.376 e. The fraction of sp³-hybridized carbons (Fsp3) is 0.318. The van der Waals surface area contributed by atoms with Crippen molar-refractivity contribution in [1.29, 1.82) is 0 Å². The molecule has 2 N–H and O–H groups in total. The number of amides is 1. The number of hydrogen-bond acceptors (Lipinski definition) is 2. The van der Waals surface area contributed by atoms with Gasteiger partial charge in [0.25, 0.3) is 0 Å². The van der Waals surface area contributed by atoms with Gasteiger partial charge in [-0.15, -0.1) is 0 Å². The molecular formula is C22H29ClN2O. The summed E-state index contributed by atoms with van der Waals surface area (Å²) in [6.07, 6.45) is 1.71. The first-order valence-corrected chi connectivity index (χ1v) is 9.21. The van der Waals surface area contributed by atoms with Gasteiger partial charge in [-0.2, -0.15) is 0 Å². The van der Waals surface area contributed by atoms with E-state index in [0.717, 1.165) is 22.7 Å². The van der Waals surface area contributed by atoms with E-state index in [-0.39, 0.29) is 18.5 Å². The average Bonchev–Trinajstić information content (AvgIpc) is 2.60. The first-order chi connectivity index (χ1) is 12.3. The lowest BCUT2D eigenvalue weighted by Crippen LogP contribution is -2.32. The minimum atomic E-state index is -0.0682. The molecule has 3 nitrogen and oxygen atoms in total. The summed E-state index contributed by atoms with van der Waals surface area (Å²) in [5, 5.41) is 6.71. The zero-order valence-electron chi connectivity index (χ0n) is 16.1. The minimum absolute atomic E-state index is 0.0282. The summed E-state index contributed by atoms with van der Waals surface area (Å²) in [6.45, 7) is 12.4. The highest BCUT2D eigenvalue weighted by molar-refractivity contribution is 6.30. The van der Waals surface area contributed by atoms with Crippen molar-refractivity contribution in [1.82, 2.24) is 5.32 Å². The molecule has 0 saturated carbocycles. The normalized spacial score (nSPS) is 11.2. The molecule has 0 radical (unpaired) electrons. The van der Waals surface area contributed by atoms with Gasteiger partial charge in [0.05, 0.1) is 12.6 Å². The van der Waals surface area contributed by atoms with E-state index in [1.165, 1.54) is 0 Å². The highest BCUT2D eigenvalue weighted by Gasteiger charge is 2.09. The molecule has 1 amide bonds. The van der Waals surface area contributed by atoms with Crippen LogP contribution in [0.25, 0.3) is 6.08 Å². The molecule has 0 spiro atoms. The van der Waals surface area contributed by atoms with Crippen LogP contribution in [0, 0.1) is 5.92 Å². The topological polar surface area (TPSA) is 41.1 Å². The molecule has 0 bridgehead atoms. The first kappa shape index (κ1) is 21.8. The summed E-state index contributed by atoms with van der Waals surface area (Å²) in [4.78, 5) is 12.0. The second-order valence-electron chi connectivity index (χ2n) is 6.72. The van der Waals surface area contributed by atoms with Crippen LogP contribution in [-0.2, 0) is 4.79 Å². The Labute approximate surface area is 162 Å². The van der Waals surface area contributed by atoms with Crippen molar-refractivity contribution in [3.8, 4) is 0 Å². The fourth-order valence-corrected chi connectivity index (χ4v) is 2.34. The second-order valence-corrected chi connectivity index (χ2v) is 7.16. The molecule has 0 aliphatic rings. The van der Waals surface area contributed by atoms with Crippen molar-refractivity contribution in [2.75, 3.05) is 11.9 Å². The molecule has 1 atom stereocenters. The summed E-state index contributed by atoms with van der Waals surface area (Å²) in [7, 11) is 0. The van der Waals surface area contributed by atoms with Crippen LogP contribution < -0.4 is 10.6 Å². The lowest BCUT2D eigenvalue weighted by molar-refractivity contribution is -0.120. The molecule has 0 aliphatic heterocycles.